The molecule has 0 radical (unpaired) electrons. The number of ketones is 1. The molecule has 16 heavy (non-hydrogen) atoms. The van der Waals surface area contributed by atoms with E-state index in [0.29, 0.717) is 24.9 Å². The number of Topliss-reactive ketones (excluding diaryl/α,β-unsaturated/α-hetero) is 1. The summed E-state index contributed by atoms with van der Waals surface area (Å²) in [4.78, 5) is 11.6. The van der Waals surface area contributed by atoms with Gasteiger partial charge in [-0.05, 0) is 32.0 Å². The quantitative estimate of drug-likeness (QED) is 0.741. The molecule has 0 saturated heterocycles. The highest BCUT2D eigenvalue weighted by Gasteiger charge is 2.14. The van der Waals surface area contributed by atoms with Gasteiger partial charge in [-0.15, -0.1) is 0 Å². The van der Waals surface area contributed by atoms with E-state index >= 15 is 0 Å². The second kappa shape index (κ2) is 5.23. The molecule has 0 aliphatic carbocycles. The highest BCUT2D eigenvalue weighted by Crippen LogP contribution is 2.14. The predicted molar refractivity (Wildman–Crippen MR) is 64.4 cm³/mol. The predicted octanol–water partition coefficient (Wildman–Crippen LogP) is 1.53. The van der Waals surface area contributed by atoms with Crippen LogP contribution in [0.25, 0.3) is 0 Å². The van der Waals surface area contributed by atoms with Gasteiger partial charge in [0.25, 0.3) is 0 Å². The minimum atomic E-state index is -0.754. The summed E-state index contributed by atoms with van der Waals surface area (Å²) in [5.41, 5.74) is 6.23. The molecule has 0 heterocycles. The minimum absolute atomic E-state index is 0.0556. The molecule has 88 valence electrons. The number of hydrogen-bond acceptors (Lipinski definition) is 3. The Morgan fingerprint density at radius 3 is 2.69 bits per heavy atom. The SMILES string of the molecule is CC(C)(O)Cc1cccc(C(=O)CCN)c1. The molecule has 0 amide bonds. The number of rotatable bonds is 5. The fraction of sp³-hybridized carbons (Fsp3) is 0.462. The van der Waals surface area contributed by atoms with E-state index in [0.717, 1.165) is 5.56 Å². The zero-order valence-electron chi connectivity index (χ0n) is 9.86. The third-order valence-electron chi connectivity index (χ3n) is 2.26. The molecule has 3 heteroatoms. The van der Waals surface area contributed by atoms with Crippen molar-refractivity contribution in [3.05, 3.63) is 35.4 Å². The Kier molecular flexibility index (Phi) is 4.21. The molecule has 0 spiro atoms. The van der Waals surface area contributed by atoms with Crippen LogP contribution in [-0.2, 0) is 6.42 Å². The van der Waals surface area contributed by atoms with Gasteiger partial charge in [0.2, 0.25) is 0 Å². The van der Waals surface area contributed by atoms with E-state index in [1.165, 1.54) is 0 Å². The maximum Gasteiger partial charge on any atom is 0.164 e. The average molecular weight is 221 g/mol. The molecule has 0 saturated carbocycles. The number of benzene rings is 1. The van der Waals surface area contributed by atoms with Crippen LogP contribution in [0.5, 0.6) is 0 Å². The van der Waals surface area contributed by atoms with Gasteiger partial charge in [-0.2, -0.15) is 0 Å². The van der Waals surface area contributed by atoms with Crippen LogP contribution in [0.2, 0.25) is 0 Å². The van der Waals surface area contributed by atoms with Crippen molar-refractivity contribution >= 4 is 5.78 Å². The highest BCUT2D eigenvalue weighted by molar-refractivity contribution is 5.96. The number of carbonyl (C=O) groups excluding carboxylic acids is 1. The van der Waals surface area contributed by atoms with Crippen LogP contribution < -0.4 is 5.73 Å². The first-order valence-electron chi connectivity index (χ1n) is 5.47. The average Bonchev–Trinajstić information content (AvgIpc) is 2.16. The van der Waals surface area contributed by atoms with Crippen LogP contribution in [0.4, 0.5) is 0 Å². The fourth-order valence-electron chi connectivity index (χ4n) is 1.63. The minimum Gasteiger partial charge on any atom is -0.390 e. The van der Waals surface area contributed by atoms with Crippen molar-refractivity contribution in [1.82, 2.24) is 0 Å². The van der Waals surface area contributed by atoms with Crippen LogP contribution in [0.3, 0.4) is 0 Å². The van der Waals surface area contributed by atoms with Gasteiger partial charge >= 0.3 is 0 Å². The number of carbonyl (C=O) groups is 1. The molecule has 1 aromatic rings. The molecule has 0 aliphatic heterocycles. The number of hydrogen-bond donors (Lipinski definition) is 2. The van der Waals surface area contributed by atoms with Gasteiger partial charge in [-0.25, -0.2) is 0 Å². The van der Waals surface area contributed by atoms with Gasteiger partial charge in [-0.1, -0.05) is 18.2 Å². The van der Waals surface area contributed by atoms with Gasteiger partial charge < -0.3 is 10.8 Å². The standard InChI is InChI=1S/C13H19NO2/c1-13(2,16)9-10-4-3-5-11(8-10)12(15)6-7-14/h3-5,8,16H,6-7,9,14H2,1-2H3. The summed E-state index contributed by atoms with van der Waals surface area (Å²) < 4.78 is 0. The first-order chi connectivity index (χ1) is 7.42. The molecule has 1 aromatic carbocycles. The summed E-state index contributed by atoms with van der Waals surface area (Å²) >= 11 is 0. The Hall–Kier alpha value is -1.19. The van der Waals surface area contributed by atoms with Gasteiger partial charge in [0.15, 0.2) is 5.78 Å². The van der Waals surface area contributed by atoms with Gasteiger partial charge in [0, 0.05) is 18.4 Å². The maximum atomic E-state index is 11.6. The summed E-state index contributed by atoms with van der Waals surface area (Å²) in [5, 5.41) is 9.70. The van der Waals surface area contributed by atoms with Crippen molar-refractivity contribution in [3.8, 4) is 0 Å². The first-order valence-corrected chi connectivity index (χ1v) is 5.47. The molecule has 0 fully saturated rings. The molecule has 3 nitrogen and oxygen atoms in total. The molecule has 0 aromatic heterocycles. The molecule has 0 bridgehead atoms. The Morgan fingerprint density at radius 1 is 1.44 bits per heavy atom. The van der Waals surface area contributed by atoms with Gasteiger partial charge in [0.1, 0.15) is 0 Å². The van der Waals surface area contributed by atoms with Gasteiger partial charge in [0.05, 0.1) is 5.60 Å². The van der Waals surface area contributed by atoms with E-state index < -0.39 is 5.60 Å². The summed E-state index contributed by atoms with van der Waals surface area (Å²) in [6.45, 7) is 3.87. The second-order valence-electron chi connectivity index (χ2n) is 4.65. The molecular formula is C13H19NO2. The molecule has 0 atom stereocenters. The first kappa shape index (κ1) is 12.9. The van der Waals surface area contributed by atoms with Crippen molar-refractivity contribution < 1.29 is 9.90 Å². The van der Waals surface area contributed by atoms with E-state index in [2.05, 4.69) is 0 Å². The smallest absolute Gasteiger partial charge is 0.164 e. The van der Waals surface area contributed by atoms with Crippen LogP contribution >= 0.6 is 0 Å². The summed E-state index contributed by atoms with van der Waals surface area (Å²) in [5.74, 6) is 0.0556. The van der Waals surface area contributed by atoms with Crippen molar-refractivity contribution in [2.75, 3.05) is 6.54 Å². The fourth-order valence-corrected chi connectivity index (χ4v) is 1.63. The zero-order chi connectivity index (χ0) is 12.2. The lowest BCUT2D eigenvalue weighted by atomic mass is 9.96. The normalized spacial score (nSPS) is 11.5. The van der Waals surface area contributed by atoms with Crippen molar-refractivity contribution in [3.63, 3.8) is 0 Å². The van der Waals surface area contributed by atoms with E-state index in [1.807, 2.05) is 18.2 Å². The lowest BCUT2D eigenvalue weighted by Crippen LogP contribution is -2.22. The Labute approximate surface area is 96.3 Å². The lowest BCUT2D eigenvalue weighted by Gasteiger charge is -2.17. The monoisotopic (exact) mass is 221 g/mol. The molecule has 0 aliphatic rings. The third kappa shape index (κ3) is 4.13. The Bertz CT molecular complexity index is 366. The van der Waals surface area contributed by atoms with Crippen molar-refractivity contribution in [1.29, 1.82) is 0 Å². The van der Waals surface area contributed by atoms with Crippen molar-refractivity contribution in [2.45, 2.75) is 32.3 Å². The molecular weight excluding hydrogens is 202 g/mol. The third-order valence-corrected chi connectivity index (χ3v) is 2.26. The summed E-state index contributed by atoms with van der Waals surface area (Å²) in [7, 11) is 0. The molecule has 3 N–H and O–H groups in total. The maximum absolute atomic E-state index is 11.6. The Balaban J connectivity index is 2.83. The van der Waals surface area contributed by atoms with Crippen molar-refractivity contribution in [2.24, 2.45) is 5.73 Å². The topological polar surface area (TPSA) is 63.3 Å². The van der Waals surface area contributed by atoms with Crippen LogP contribution in [0.1, 0.15) is 36.2 Å². The number of aliphatic hydroxyl groups is 1. The lowest BCUT2D eigenvalue weighted by molar-refractivity contribution is 0.0808. The zero-order valence-corrected chi connectivity index (χ0v) is 9.86. The van der Waals surface area contributed by atoms with Crippen LogP contribution in [-0.4, -0.2) is 23.0 Å². The highest BCUT2D eigenvalue weighted by atomic mass is 16.3. The summed E-state index contributed by atoms with van der Waals surface area (Å²) in [6.07, 6.45) is 0.905. The molecule has 0 unspecified atom stereocenters. The van der Waals surface area contributed by atoms with Crippen LogP contribution in [0.15, 0.2) is 24.3 Å². The second-order valence-corrected chi connectivity index (χ2v) is 4.65. The van der Waals surface area contributed by atoms with Gasteiger partial charge in [-0.3, -0.25) is 4.79 Å². The van der Waals surface area contributed by atoms with Crippen LogP contribution in [0, 0.1) is 0 Å². The van der Waals surface area contributed by atoms with E-state index in [4.69, 9.17) is 5.73 Å². The van der Waals surface area contributed by atoms with E-state index in [1.54, 1.807) is 19.9 Å². The Morgan fingerprint density at radius 2 is 2.12 bits per heavy atom. The largest absolute Gasteiger partial charge is 0.390 e. The van der Waals surface area contributed by atoms with E-state index in [-0.39, 0.29) is 5.78 Å². The summed E-state index contributed by atoms with van der Waals surface area (Å²) in [6, 6.07) is 7.36. The van der Waals surface area contributed by atoms with E-state index in [9.17, 15) is 9.90 Å². The molecule has 1 rings (SSSR count). The number of nitrogens with two attached hydrogens (primary N) is 1.